The van der Waals surface area contributed by atoms with E-state index in [0.29, 0.717) is 0 Å². The zero-order valence-electron chi connectivity index (χ0n) is 6.67. The van der Waals surface area contributed by atoms with E-state index in [4.69, 9.17) is 19.6 Å². The Morgan fingerprint density at radius 2 is 1.27 bits per heavy atom. The Balaban J connectivity index is -0.000000720. The normalized spacial score (nSPS) is 19.0. The molecule has 2 atom stereocenters. The van der Waals surface area contributed by atoms with Crippen LogP contribution in [0.2, 0.25) is 0 Å². The maximum Gasteiger partial charge on any atom is 2.00 e. The summed E-state index contributed by atoms with van der Waals surface area (Å²) in [4.78, 5) is 41.9. The monoisotopic (exact) mass is 316 g/mol. The van der Waals surface area contributed by atoms with Gasteiger partial charge in [-0.1, -0.05) is 0 Å². The molecule has 0 radical (unpaired) electrons. The van der Waals surface area contributed by atoms with Gasteiger partial charge >= 0.3 is 38.7 Å². The molecule has 2 unspecified atom stereocenters. The van der Waals surface area contributed by atoms with E-state index >= 15 is 0 Å². The summed E-state index contributed by atoms with van der Waals surface area (Å²) >= 11 is 0. The minimum absolute atomic E-state index is 0. The van der Waals surface area contributed by atoms with E-state index < -0.39 is 23.5 Å². The van der Waals surface area contributed by atoms with Gasteiger partial charge < -0.3 is 36.9 Å². The minimum Gasteiger partial charge on any atom is -1.00 e. The third-order valence-electron chi connectivity index (χ3n) is 0.416. The molecular formula is H4ClMgO10P3. The van der Waals surface area contributed by atoms with Gasteiger partial charge in [0.15, 0.2) is 0 Å². The first-order chi connectivity index (χ1) is 5.41. The van der Waals surface area contributed by atoms with Gasteiger partial charge in [0.25, 0.3) is 7.82 Å². The molecule has 0 aromatic rings. The summed E-state index contributed by atoms with van der Waals surface area (Å²) in [6.45, 7) is 0. The van der Waals surface area contributed by atoms with Crippen molar-refractivity contribution in [3.8, 4) is 0 Å². The smallest absolute Gasteiger partial charge is 1.00 e. The first-order valence-electron chi connectivity index (χ1n) is 2.26. The van der Waals surface area contributed by atoms with Crippen LogP contribution in [0, 0.1) is 0 Å². The molecule has 0 aromatic carbocycles. The van der Waals surface area contributed by atoms with Gasteiger partial charge in [0, 0.05) is 0 Å². The SMILES string of the molecule is O=P([O-])(O)OP(=O)(O)OP(=O)(O)O.[Cl-].[Mg+2]. The molecule has 0 aliphatic rings. The van der Waals surface area contributed by atoms with Gasteiger partial charge in [0.1, 0.15) is 0 Å². The molecule has 0 rings (SSSR count). The summed E-state index contributed by atoms with van der Waals surface area (Å²) in [5, 5.41) is 0. The first kappa shape index (κ1) is 21.7. The van der Waals surface area contributed by atoms with Crippen LogP contribution in [-0.4, -0.2) is 42.6 Å². The Bertz CT molecular complexity index is 283. The number of halogens is 1. The molecule has 15 heteroatoms. The van der Waals surface area contributed by atoms with Crippen LogP contribution in [0.3, 0.4) is 0 Å². The second kappa shape index (κ2) is 7.02. The standard InChI is InChI=1S/ClH.Mg.H5O10P3/c;;1-11(2,3)9-13(7,8)10-12(4,5)6/h1H;;(H,7,8)(H2,1,2,3)(H2,4,5,6)/q;+2;/p-2. The van der Waals surface area contributed by atoms with E-state index in [9.17, 15) is 18.6 Å². The number of rotatable bonds is 4. The molecule has 0 aliphatic carbocycles. The average Bonchev–Trinajstić information content (AvgIpc) is 1.43. The zero-order chi connectivity index (χ0) is 10.9. The molecule has 0 spiro atoms. The van der Waals surface area contributed by atoms with Gasteiger partial charge in [-0.2, -0.15) is 4.31 Å². The molecule has 15 heavy (non-hydrogen) atoms. The molecule has 88 valence electrons. The van der Waals surface area contributed by atoms with E-state index in [1.165, 1.54) is 0 Å². The summed E-state index contributed by atoms with van der Waals surface area (Å²) in [5.74, 6) is 0. The van der Waals surface area contributed by atoms with Crippen molar-refractivity contribution >= 4 is 46.5 Å². The molecule has 0 heterocycles. The maximum absolute atomic E-state index is 10.3. The van der Waals surface area contributed by atoms with E-state index in [0.717, 1.165) is 0 Å². The Labute approximate surface area is 106 Å². The summed E-state index contributed by atoms with van der Waals surface area (Å²) in [5.41, 5.74) is 0. The van der Waals surface area contributed by atoms with Crippen molar-refractivity contribution in [1.29, 1.82) is 0 Å². The van der Waals surface area contributed by atoms with Crippen molar-refractivity contribution in [2.45, 2.75) is 0 Å². The Morgan fingerprint density at radius 3 is 1.47 bits per heavy atom. The van der Waals surface area contributed by atoms with Crippen LogP contribution in [0.4, 0.5) is 0 Å². The first-order valence-corrected chi connectivity index (χ1v) is 6.78. The number of hydrogen-bond donors (Lipinski definition) is 4. The summed E-state index contributed by atoms with van der Waals surface area (Å²) < 4.78 is 36.1. The van der Waals surface area contributed by atoms with Gasteiger partial charge in [-0.3, -0.25) is 4.57 Å². The molecule has 0 aromatic heterocycles. The zero-order valence-corrected chi connectivity index (χ0v) is 11.5. The molecular weight excluding hydrogens is 313 g/mol. The van der Waals surface area contributed by atoms with Crippen molar-refractivity contribution in [2.75, 3.05) is 0 Å². The second-order valence-electron chi connectivity index (χ2n) is 1.59. The molecule has 0 fully saturated rings. The fourth-order valence-corrected chi connectivity index (χ4v) is 2.79. The Morgan fingerprint density at radius 1 is 0.933 bits per heavy atom. The molecule has 0 amide bonds. The van der Waals surface area contributed by atoms with E-state index in [1.54, 1.807) is 0 Å². The average molecular weight is 317 g/mol. The van der Waals surface area contributed by atoms with Gasteiger partial charge in [-0.25, -0.2) is 13.4 Å². The number of hydrogen-bond acceptors (Lipinski definition) is 6. The van der Waals surface area contributed by atoms with Crippen LogP contribution in [-0.2, 0) is 22.3 Å². The fourth-order valence-electron chi connectivity index (χ4n) is 0.280. The van der Waals surface area contributed by atoms with E-state index in [-0.39, 0.29) is 35.5 Å². The summed E-state index contributed by atoms with van der Waals surface area (Å²) in [6, 6.07) is 0. The van der Waals surface area contributed by atoms with Crippen molar-refractivity contribution in [3.63, 3.8) is 0 Å². The molecule has 0 bridgehead atoms. The van der Waals surface area contributed by atoms with Crippen LogP contribution in [0.5, 0.6) is 0 Å². The Hall–Kier alpha value is 1.47. The van der Waals surface area contributed by atoms with Crippen molar-refractivity contribution in [2.24, 2.45) is 0 Å². The maximum atomic E-state index is 10.3. The van der Waals surface area contributed by atoms with Crippen LogP contribution in [0.1, 0.15) is 0 Å². The molecule has 0 aliphatic heterocycles. The topological polar surface area (TPSA) is 174 Å². The predicted octanol–water partition coefficient (Wildman–Crippen LogP) is -4.70. The molecule has 4 N–H and O–H groups in total. The van der Waals surface area contributed by atoms with Gasteiger partial charge in [0.05, 0.1) is 0 Å². The van der Waals surface area contributed by atoms with E-state index in [2.05, 4.69) is 8.62 Å². The summed E-state index contributed by atoms with van der Waals surface area (Å²) in [6.07, 6.45) is 0. The van der Waals surface area contributed by atoms with E-state index in [1.807, 2.05) is 0 Å². The predicted molar refractivity (Wildman–Crippen MR) is 39.6 cm³/mol. The second-order valence-corrected chi connectivity index (χ2v) is 5.75. The Kier molecular flexibility index (Phi) is 10.2. The fraction of sp³-hybridized carbons (Fsp3) is 0. The molecule has 0 saturated carbocycles. The van der Waals surface area contributed by atoms with Crippen molar-refractivity contribution < 1.29 is 59.2 Å². The third kappa shape index (κ3) is 15.5. The van der Waals surface area contributed by atoms with Crippen LogP contribution in [0.15, 0.2) is 0 Å². The number of phosphoric acid groups is 3. The van der Waals surface area contributed by atoms with Crippen molar-refractivity contribution in [1.82, 2.24) is 0 Å². The minimum atomic E-state index is -5.60. The van der Waals surface area contributed by atoms with Gasteiger partial charge in [-0.05, 0) is 0 Å². The van der Waals surface area contributed by atoms with Gasteiger partial charge in [0.2, 0.25) is 0 Å². The molecule has 0 saturated heterocycles. The van der Waals surface area contributed by atoms with Crippen molar-refractivity contribution in [3.05, 3.63) is 0 Å². The largest absolute Gasteiger partial charge is 2.00 e. The summed E-state index contributed by atoms with van der Waals surface area (Å²) in [7, 11) is -16.5. The van der Waals surface area contributed by atoms with Gasteiger partial charge in [-0.15, -0.1) is 0 Å². The van der Waals surface area contributed by atoms with Crippen LogP contribution < -0.4 is 17.3 Å². The van der Waals surface area contributed by atoms with Crippen LogP contribution in [0.25, 0.3) is 0 Å². The quantitative estimate of drug-likeness (QED) is 0.291. The molecule has 10 nitrogen and oxygen atoms in total. The van der Waals surface area contributed by atoms with Crippen LogP contribution >= 0.6 is 23.5 Å². The third-order valence-corrected chi connectivity index (χ3v) is 3.74.